The lowest BCUT2D eigenvalue weighted by atomic mass is 10.1. The predicted molar refractivity (Wildman–Crippen MR) is 81.0 cm³/mol. The Kier molecular flexibility index (Phi) is 9.21. The van der Waals surface area contributed by atoms with Crippen molar-refractivity contribution >= 4 is 18.1 Å². The maximum atomic E-state index is 9.62. The summed E-state index contributed by atoms with van der Waals surface area (Å²) in [5.41, 5.74) is 1.83. The van der Waals surface area contributed by atoms with Gasteiger partial charge < -0.3 is 15.3 Å². The fourth-order valence-corrected chi connectivity index (χ4v) is 1.38. The zero-order valence-electron chi connectivity index (χ0n) is 11.7. The number of aliphatic hydroxyl groups is 1. The number of nitrogens with one attached hydrogen (secondary N) is 1. The topological polar surface area (TPSA) is 53.9 Å². The number of oxime groups is 1. The molecule has 0 amide bonds. The number of benzene rings is 1. The van der Waals surface area contributed by atoms with Gasteiger partial charge in [0.15, 0.2) is 0 Å². The molecule has 1 aromatic rings. The molecule has 0 aromatic heterocycles. The average Bonchev–Trinajstić information content (AvgIpc) is 2.37. The van der Waals surface area contributed by atoms with Gasteiger partial charge in [-0.3, -0.25) is 0 Å². The SMILES string of the molecule is C/C(=N\OCC(O)CNC(C)C)c1ccccc1.Cl. The van der Waals surface area contributed by atoms with Crippen molar-refractivity contribution in [3.8, 4) is 0 Å². The van der Waals surface area contributed by atoms with Crippen LogP contribution in [0.4, 0.5) is 0 Å². The van der Waals surface area contributed by atoms with Gasteiger partial charge in [0, 0.05) is 12.6 Å². The Morgan fingerprint density at radius 3 is 2.53 bits per heavy atom. The molecule has 0 aliphatic carbocycles. The van der Waals surface area contributed by atoms with E-state index in [4.69, 9.17) is 4.84 Å². The highest BCUT2D eigenvalue weighted by atomic mass is 35.5. The summed E-state index contributed by atoms with van der Waals surface area (Å²) in [6.45, 7) is 6.66. The van der Waals surface area contributed by atoms with Crippen molar-refractivity contribution in [3.05, 3.63) is 35.9 Å². The summed E-state index contributed by atoms with van der Waals surface area (Å²) >= 11 is 0. The normalized spacial score (nSPS) is 13.0. The van der Waals surface area contributed by atoms with Crippen LogP contribution in [0.3, 0.4) is 0 Å². The van der Waals surface area contributed by atoms with E-state index in [1.54, 1.807) is 0 Å². The number of rotatable bonds is 7. The first kappa shape index (κ1) is 17.9. The van der Waals surface area contributed by atoms with Crippen LogP contribution in [0.25, 0.3) is 0 Å². The third-order valence-electron chi connectivity index (χ3n) is 2.42. The third kappa shape index (κ3) is 7.82. The maximum absolute atomic E-state index is 9.62. The minimum atomic E-state index is -0.542. The molecule has 2 N–H and O–H groups in total. The van der Waals surface area contributed by atoms with E-state index in [0.29, 0.717) is 12.6 Å². The van der Waals surface area contributed by atoms with Crippen LogP contribution in [-0.2, 0) is 4.84 Å². The molecule has 0 saturated carbocycles. The summed E-state index contributed by atoms with van der Waals surface area (Å²) in [5, 5.41) is 16.8. The molecular weight excluding hydrogens is 264 g/mol. The number of halogens is 1. The quantitative estimate of drug-likeness (QED) is 0.597. The monoisotopic (exact) mass is 286 g/mol. The standard InChI is InChI=1S/C14H22N2O2.ClH/c1-11(2)15-9-14(17)10-18-16-12(3)13-7-5-4-6-8-13;/h4-8,11,14-15,17H,9-10H2,1-3H3;1H/b16-12+;. The first-order chi connectivity index (χ1) is 8.59. The molecule has 1 atom stereocenters. The van der Waals surface area contributed by atoms with E-state index in [1.165, 1.54) is 0 Å². The highest BCUT2D eigenvalue weighted by molar-refractivity contribution is 5.98. The van der Waals surface area contributed by atoms with Crippen molar-refractivity contribution in [3.63, 3.8) is 0 Å². The lowest BCUT2D eigenvalue weighted by Crippen LogP contribution is -2.34. The Morgan fingerprint density at radius 1 is 1.32 bits per heavy atom. The minimum Gasteiger partial charge on any atom is -0.393 e. The van der Waals surface area contributed by atoms with Crippen LogP contribution < -0.4 is 5.32 Å². The molecule has 0 aliphatic rings. The van der Waals surface area contributed by atoms with Crippen LogP contribution in [0, 0.1) is 0 Å². The Morgan fingerprint density at radius 2 is 1.95 bits per heavy atom. The Labute approximate surface area is 121 Å². The van der Waals surface area contributed by atoms with Crippen LogP contribution in [-0.4, -0.2) is 36.1 Å². The van der Waals surface area contributed by atoms with Crippen LogP contribution in [0.1, 0.15) is 26.3 Å². The molecule has 0 fully saturated rings. The molecule has 108 valence electrons. The van der Waals surface area contributed by atoms with Gasteiger partial charge in [-0.25, -0.2) is 0 Å². The molecule has 0 radical (unpaired) electrons. The molecule has 4 nitrogen and oxygen atoms in total. The van der Waals surface area contributed by atoms with Crippen LogP contribution in [0.5, 0.6) is 0 Å². The van der Waals surface area contributed by atoms with E-state index in [1.807, 2.05) is 51.1 Å². The highest BCUT2D eigenvalue weighted by Gasteiger charge is 2.05. The first-order valence-electron chi connectivity index (χ1n) is 6.23. The Hall–Kier alpha value is -1.10. The number of hydrogen-bond donors (Lipinski definition) is 2. The van der Waals surface area contributed by atoms with E-state index in [0.717, 1.165) is 11.3 Å². The molecule has 19 heavy (non-hydrogen) atoms. The van der Waals surface area contributed by atoms with Crippen LogP contribution >= 0.6 is 12.4 Å². The van der Waals surface area contributed by atoms with Gasteiger partial charge in [0.1, 0.15) is 12.7 Å². The summed E-state index contributed by atoms with van der Waals surface area (Å²) < 4.78 is 0. The van der Waals surface area contributed by atoms with Gasteiger partial charge in [-0.1, -0.05) is 49.3 Å². The smallest absolute Gasteiger partial charge is 0.144 e. The fraction of sp³-hybridized carbons (Fsp3) is 0.500. The van der Waals surface area contributed by atoms with E-state index < -0.39 is 6.10 Å². The number of aliphatic hydroxyl groups excluding tert-OH is 1. The van der Waals surface area contributed by atoms with Gasteiger partial charge >= 0.3 is 0 Å². The second-order valence-electron chi connectivity index (χ2n) is 4.56. The van der Waals surface area contributed by atoms with Crippen LogP contribution in [0.15, 0.2) is 35.5 Å². The molecule has 1 aromatic carbocycles. The third-order valence-corrected chi connectivity index (χ3v) is 2.42. The lowest BCUT2D eigenvalue weighted by molar-refractivity contribution is 0.0394. The van der Waals surface area contributed by atoms with Crippen LogP contribution in [0.2, 0.25) is 0 Å². The lowest BCUT2D eigenvalue weighted by Gasteiger charge is -2.12. The molecule has 1 rings (SSSR count). The van der Waals surface area contributed by atoms with Gasteiger partial charge in [0.05, 0.1) is 5.71 Å². The van der Waals surface area contributed by atoms with Gasteiger partial charge in [-0.2, -0.15) is 0 Å². The first-order valence-corrected chi connectivity index (χ1v) is 6.23. The summed E-state index contributed by atoms with van der Waals surface area (Å²) in [7, 11) is 0. The van der Waals surface area contributed by atoms with Crippen molar-refractivity contribution in [1.29, 1.82) is 0 Å². The zero-order chi connectivity index (χ0) is 13.4. The minimum absolute atomic E-state index is 0. The van der Waals surface area contributed by atoms with Gasteiger partial charge in [-0.15, -0.1) is 12.4 Å². The highest BCUT2D eigenvalue weighted by Crippen LogP contribution is 2.01. The molecule has 0 heterocycles. The van der Waals surface area contributed by atoms with E-state index >= 15 is 0 Å². The van der Waals surface area contributed by atoms with Crippen molar-refractivity contribution in [1.82, 2.24) is 5.32 Å². The number of nitrogens with zero attached hydrogens (tertiary/aromatic N) is 1. The molecule has 0 aliphatic heterocycles. The Balaban J connectivity index is 0.00000324. The van der Waals surface area contributed by atoms with Crippen molar-refractivity contribution in [2.24, 2.45) is 5.16 Å². The summed E-state index contributed by atoms with van der Waals surface area (Å²) in [6, 6.07) is 10.2. The van der Waals surface area contributed by atoms with Gasteiger partial charge in [-0.05, 0) is 12.5 Å². The molecule has 5 heteroatoms. The average molecular weight is 287 g/mol. The molecule has 0 spiro atoms. The maximum Gasteiger partial charge on any atom is 0.144 e. The van der Waals surface area contributed by atoms with Gasteiger partial charge in [0.2, 0.25) is 0 Å². The number of hydrogen-bond acceptors (Lipinski definition) is 4. The zero-order valence-corrected chi connectivity index (χ0v) is 12.5. The summed E-state index contributed by atoms with van der Waals surface area (Å²) in [6.07, 6.45) is -0.542. The molecule has 0 bridgehead atoms. The second-order valence-corrected chi connectivity index (χ2v) is 4.56. The summed E-state index contributed by atoms with van der Waals surface area (Å²) in [5.74, 6) is 0. The largest absolute Gasteiger partial charge is 0.393 e. The van der Waals surface area contributed by atoms with Crippen molar-refractivity contribution in [2.75, 3.05) is 13.2 Å². The van der Waals surface area contributed by atoms with E-state index in [9.17, 15) is 5.11 Å². The second kappa shape index (κ2) is 9.78. The van der Waals surface area contributed by atoms with Gasteiger partial charge in [0.25, 0.3) is 0 Å². The molecule has 1 unspecified atom stereocenters. The van der Waals surface area contributed by atoms with Crippen molar-refractivity contribution in [2.45, 2.75) is 32.9 Å². The molecular formula is C14H23ClN2O2. The van der Waals surface area contributed by atoms with E-state index in [-0.39, 0.29) is 19.0 Å². The summed E-state index contributed by atoms with van der Waals surface area (Å²) in [4.78, 5) is 5.14. The predicted octanol–water partition coefficient (Wildman–Crippen LogP) is 2.21. The van der Waals surface area contributed by atoms with Crippen molar-refractivity contribution < 1.29 is 9.94 Å². The van der Waals surface area contributed by atoms with E-state index in [2.05, 4.69) is 10.5 Å². The molecule has 0 saturated heterocycles. The Bertz CT molecular complexity index is 369. The fourth-order valence-electron chi connectivity index (χ4n) is 1.38.